The van der Waals surface area contributed by atoms with E-state index in [4.69, 9.17) is 5.11 Å². The fourth-order valence-electron chi connectivity index (χ4n) is 2.71. The molecule has 2 amide bonds. The molecule has 1 fully saturated rings. The van der Waals surface area contributed by atoms with Gasteiger partial charge in [0.1, 0.15) is 0 Å². The second-order valence-corrected chi connectivity index (χ2v) is 5.80. The van der Waals surface area contributed by atoms with Crippen LogP contribution in [-0.4, -0.2) is 41.1 Å². The summed E-state index contributed by atoms with van der Waals surface area (Å²) in [5.74, 6) is -0.382. The topological polar surface area (TPSA) is 69.6 Å². The van der Waals surface area contributed by atoms with Crippen LogP contribution in [0.2, 0.25) is 0 Å². The van der Waals surface area contributed by atoms with Crippen LogP contribution in [0.4, 0.5) is 4.79 Å². The molecular weight excluding hydrogens is 256 g/mol. The molecule has 20 heavy (non-hydrogen) atoms. The van der Waals surface area contributed by atoms with Gasteiger partial charge in [-0.05, 0) is 38.0 Å². The largest absolute Gasteiger partial charge is 0.481 e. The highest BCUT2D eigenvalue weighted by atomic mass is 16.4. The second-order valence-electron chi connectivity index (χ2n) is 5.80. The molecule has 0 aromatic carbocycles. The van der Waals surface area contributed by atoms with Gasteiger partial charge in [0.15, 0.2) is 0 Å². The average molecular weight is 282 g/mol. The molecule has 0 bridgehead atoms. The maximum absolute atomic E-state index is 12.1. The Balaban J connectivity index is 2.49. The molecule has 0 aromatic heterocycles. The van der Waals surface area contributed by atoms with Crippen molar-refractivity contribution in [1.29, 1.82) is 0 Å². The Hall–Kier alpha value is -1.52. The van der Waals surface area contributed by atoms with Crippen LogP contribution in [0.5, 0.6) is 0 Å². The van der Waals surface area contributed by atoms with E-state index in [1.54, 1.807) is 6.08 Å². The maximum atomic E-state index is 12.1. The predicted molar refractivity (Wildman–Crippen MR) is 78.5 cm³/mol. The van der Waals surface area contributed by atoms with E-state index in [1.807, 2.05) is 18.7 Å². The summed E-state index contributed by atoms with van der Waals surface area (Å²) in [4.78, 5) is 24.7. The number of likely N-dealkylation sites (tertiary alicyclic amines) is 1. The third-order valence-corrected chi connectivity index (χ3v) is 3.94. The Kier molecular flexibility index (Phi) is 6.55. The van der Waals surface area contributed by atoms with Gasteiger partial charge >= 0.3 is 12.0 Å². The van der Waals surface area contributed by atoms with Gasteiger partial charge in [-0.25, -0.2) is 4.79 Å². The number of aliphatic carboxylic acids is 1. The molecule has 3 unspecified atom stereocenters. The first kappa shape index (κ1) is 16.5. The normalized spacial score (nSPS) is 21.9. The van der Waals surface area contributed by atoms with E-state index in [2.05, 4.69) is 11.9 Å². The van der Waals surface area contributed by atoms with Crippen molar-refractivity contribution in [2.24, 2.45) is 11.8 Å². The quantitative estimate of drug-likeness (QED) is 0.735. The standard InChI is InChI=1S/C15H26N2O3/c1-4-6-12(3)16-15(20)17-8-5-7-13(10-17)11(2)9-14(18)19/h4,11-13H,1,5-10H2,2-3H3,(H,16,20)(H,18,19). The number of carbonyl (C=O) groups excluding carboxylic acids is 1. The van der Waals surface area contributed by atoms with Gasteiger partial charge in [0, 0.05) is 25.6 Å². The number of carbonyl (C=O) groups is 2. The minimum Gasteiger partial charge on any atom is -0.481 e. The monoisotopic (exact) mass is 282 g/mol. The average Bonchev–Trinajstić information content (AvgIpc) is 2.38. The number of hydrogen-bond acceptors (Lipinski definition) is 2. The molecule has 0 aromatic rings. The maximum Gasteiger partial charge on any atom is 0.317 e. The predicted octanol–water partition coefficient (Wildman–Crippen LogP) is 2.48. The Morgan fingerprint density at radius 1 is 1.50 bits per heavy atom. The summed E-state index contributed by atoms with van der Waals surface area (Å²) in [7, 11) is 0. The van der Waals surface area contributed by atoms with Crippen LogP contribution >= 0.6 is 0 Å². The molecule has 0 saturated carbocycles. The summed E-state index contributed by atoms with van der Waals surface area (Å²) in [6, 6.07) is 0.0309. The van der Waals surface area contributed by atoms with E-state index < -0.39 is 5.97 Å². The number of nitrogens with zero attached hydrogens (tertiary/aromatic N) is 1. The lowest BCUT2D eigenvalue weighted by Gasteiger charge is -2.36. The zero-order valence-electron chi connectivity index (χ0n) is 12.5. The van der Waals surface area contributed by atoms with Gasteiger partial charge in [-0.2, -0.15) is 0 Å². The van der Waals surface area contributed by atoms with Crippen molar-refractivity contribution in [3.8, 4) is 0 Å². The number of carboxylic acids is 1. The highest BCUT2D eigenvalue weighted by molar-refractivity contribution is 5.74. The SMILES string of the molecule is C=CCC(C)NC(=O)N1CCCC(C(C)CC(=O)O)C1. The Morgan fingerprint density at radius 3 is 2.80 bits per heavy atom. The van der Waals surface area contributed by atoms with E-state index in [0.29, 0.717) is 6.54 Å². The van der Waals surface area contributed by atoms with Crippen LogP contribution in [0.1, 0.15) is 39.5 Å². The summed E-state index contributed by atoms with van der Waals surface area (Å²) < 4.78 is 0. The molecule has 114 valence electrons. The van der Waals surface area contributed by atoms with E-state index in [9.17, 15) is 9.59 Å². The molecule has 3 atom stereocenters. The van der Waals surface area contributed by atoms with Crippen LogP contribution in [0.15, 0.2) is 12.7 Å². The molecule has 0 aliphatic carbocycles. The Morgan fingerprint density at radius 2 is 2.20 bits per heavy atom. The number of rotatable bonds is 6. The fourth-order valence-corrected chi connectivity index (χ4v) is 2.71. The Labute approximate surface area is 121 Å². The van der Waals surface area contributed by atoms with E-state index >= 15 is 0 Å². The first-order valence-corrected chi connectivity index (χ1v) is 7.32. The van der Waals surface area contributed by atoms with Crippen molar-refractivity contribution >= 4 is 12.0 Å². The smallest absolute Gasteiger partial charge is 0.317 e. The van der Waals surface area contributed by atoms with Gasteiger partial charge in [-0.3, -0.25) is 4.79 Å². The molecule has 5 nitrogen and oxygen atoms in total. The molecule has 1 saturated heterocycles. The van der Waals surface area contributed by atoms with E-state index in [-0.39, 0.29) is 30.3 Å². The van der Waals surface area contributed by atoms with Gasteiger partial charge in [0.2, 0.25) is 0 Å². The second kappa shape index (κ2) is 7.92. The highest BCUT2D eigenvalue weighted by Gasteiger charge is 2.28. The first-order chi connectivity index (χ1) is 9.43. The number of amides is 2. The molecule has 1 aliphatic rings. The number of urea groups is 1. The number of carboxylic acid groups (broad SMARTS) is 1. The van der Waals surface area contributed by atoms with Gasteiger partial charge in [0.05, 0.1) is 0 Å². The van der Waals surface area contributed by atoms with Crippen molar-refractivity contribution in [1.82, 2.24) is 10.2 Å². The summed E-state index contributed by atoms with van der Waals surface area (Å²) in [6.07, 6.45) is 4.66. The summed E-state index contributed by atoms with van der Waals surface area (Å²) >= 11 is 0. The van der Waals surface area contributed by atoms with Crippen LogP contribution < -0.4 is 5.32 Å². The first-order valence-electron chi connectivity index (χ1n) is 7.32. The summed E-state index contributed by atoms with van der Waals surface area (Å²) in [6.45, 7) is 8.98. The number of piperidine rings is 1. The van der Waals surface area contributed by atoms with Gasteiger partial charge in [-0.1, -0.05) is 13.0 Å². The minimum atomic E-state index is -0.765. The highest BCUT2D eigenvalue weighted by Crippen LogP contribution is 2.26. The summed E-state index contributed by atoms with van der Waals surface area (Å²) in [5, 5.41) is 11.8. The van der Waals surface area contributed by atoms with Gasteiger partial charge in [0.25, 0.3) is 0 Å². The van der Waals surface area contributed by atoms with Crippen molar-refractivity contribution < 1.29 is 14.7 Å². The lowest BCUT2D eigenvalue weighted by Crippen LogP contribution is -2.48. The van der Waals surface area contributed by atoms with Gasteiger partial charge in [-0.15, -0.1) is 6.58 Å². The fraction of sp³-hybridized carbons (Fsp3) is 0.733. The molecule has 2 N–H and O–H groups in total. The lowest BCUT2D eigenvalue weighted by molar-refractivity contribution is -0.138. The van der Waals surface area contributed by atoms with Crippen LogP contribution in [-0.2, 0) is 4.79 Å². The molecular formula is C15H26N2O3. The van der Waals surface area contributed by atoms with Crippen molar-refractivity contribution in [2.45, 2.75) is 45.6 Å². The van der Waals surface area contributed by atoms with Crippen LogP contribution in [0.3, 0.4) is 0 Å². The molecule has 0 radical (unpaired) electrons. The third kappa shape index (κ3) is 5.23. The number of hydrogen-bond donors (Lipinski definition) is 2. The molecule has 0 spiro atoms. The Bertz CT molecular complexity index is 357. The molecule has 1 heterocycles. The molecule has 1 aliphatic heterocycles. The van der Waals surface area contributed by atoms with Crippen molar-refractivity contribution in [3.63, 3.8) is 0 Å². The zero-order chi connectivity index (χ0) is 15.1. The van der Waals surface area contributed by atoms with Gasteiger partial charge < -0.3 is 15.3 Å². The van der Waals surface area contributed by atoms with Crippen LogP contribution in [0, 0.1) is 11.8 Å². The van der Waals surface area contributed by atoms with Crippen molar-refractivity contribution in [3.05, 3.63) is 12.7 Å². The third-order valence-electron chi connectivity index (χ3n) is 3.94. The lowest BCUT2D eigenvalue weighted by atomic mass is 9.85. The molecule has 1 rings (SSSR count). The zero-order valence-corrected chi connectivity index (χ0v) is 12.5. The van der Waals surface area contributed by atoms with Crippen LogP contribution in [0.25, 0.3) is 0 Å². The van der Waals surface area contributed by atoms with Crippen molar-refractivity contribution in [2.75, 3.05) is 13.1 Å². The summed E-state index contributed by atoms with van der Waals surface area (Å²) in [5.41, 5.74) is 0. The number of nitrogens with one attached hydrogen (secondary N) is 1. The minimum absolute atomic E-state index is 0.0495. The molecule has 5 heteroatoms. The van der Waals surface area contributed by atoms with E-state index in [1.165, 1.54) is 0 Å². The van der Waals surface area contributed by atoms with E-state index in [0.717, 1.165) is 25.8 Å².